The molecule has 2 aliphatic heterocycles. The highest BCUT2D eigenvalue weighted by atomic mass is 32.2. The number of β-lactam (4-membered cyclic amide) rings is 1. The van der Waals surface area contributed by atoms with Gasteiger partial charge in [0.05, 0.1) is 6.04 Å². The van der Waals surface area contributed by atoms with Crippen LogP contribution in [0.15, 0.2) is 23.4 Å². The topological polar surface area (TPSA) is 113 Å². The van der Waals surface area contributed by atoms with Gasteiger partial charge < -0.3 is 16.2 Å². The molecule has 0 aromatic heterocycles. The molecule has 0 aromatic carbocycles. The second-order valence-corrected chi connectivity index (χ2v) is 7.51. The normalized spacial score (nSPS) is 30.5. The third kappa shape index (κ3) is 2.84. The Morgan fingerprint density at radius 2 is 2.21 bits per heavy atom. The Hall–Kier alpha value is -1.80. The van der Waals surface area contributed by atoms with E-state index in [1.807, 2.05) is 6.08 Å². The first-order valence-corrected chi connectivity index (χ1v) is 9.05. The van der Waals surface area contributed by atoms with Crippen molar-refractivity contribution in [3.05, 3.63) is 23.4 Å². The maximum absolute atomic E-state index is 12.4. The summed E-state index contributed by atoms with van der Waals surface area (Å²) in [6, 6.07) is -1.35. The lowest BCUT2D eigenvalue weighted by atomic mass is 9.87. The third-order valence-corrected chi connectivity index (χ3v) is 6.20. The molecule has 1 saturated heterocycles. The quantitative estimate of drug-likeness (QED) is 0.500. The van der Waals surface area contributed by atoms with Crippen molar-refractivity contribution in [1.29, 1.82) is 0 Å². The van der Waals surface area contributed by atoms with Crippen LogP contribution in [0.2, 0.25) is 0 Å². The predicted molar refractivity (Wildman–Crippen MR) is 89.8 cm³/mol. The van der Waals surface area contributed by atoms with Crippen LogP contribution in [-0.4, -0.2) is 51.0 Å². The van der Waals surface area contributed by atoms with Crippen molar-refractivity contribution in [1.82, 2.24) is 10.2 Å². The summed E-state index contributed by atoms with van der Waals surface area (Å²) in [6.07, 6.45) is 6.64. The van der Waals surface area contributed by atoms with Gasteiger partial charge in [-0.15, -0.1) is 11.8 Å². The number of amides is 2. The maximum Gasteiger partial charge on any atom is 0.352 e. The fourth-order valence-electron chi connectivity index (χ4n) is 3.38. The fraction of sp³-hybridized carbons (Fsp3) is 0.562. The molecule has 4 atom stereocenters. The second-order valence-electron chi connectivity index (χ2n) is 6.40. The number of carboxylic acids is 1. The monoisotopic (exact) mass is 351 g/mol. The molecule has 2 amide bonds. The number of thioether (sulfide) groups is 1. The molecular formula is C16H21N3O4S. The van der Waals surface area contributed by atoms with Crippen LogP contribution in [-0.2, 0) is 14.4 Å². The van der Waals surface area contributed by atoms with E-state index >= 15 is 0 Å². The molecule has 2 heterocycles. The smallest absolute Gasteiger partial charge is 0.352 e. The summed E-state index contributed by atoms with van der Waals surface area (Å²) in [4.78, 5) is 37.4. The Morgan fingerprint density at radius 3 is 2.83 bits per heavy atom. The Bertz CT molecular complexity index is 645. The Kier molecular flexibility index (Phi) is 4.69. The molecule has 7 nitrogen and oxygen atoms in total. The van der Waals surface area contributed by atoms with Crippen LogP contribution in [0, 0.1) is 5.92 Å². The first-order chi connectivity index (χ1) is 11.4. The number of rotatable bonds is 4. The number of carboxylic acid groups (broad SMARTS) is 1. The molecule has 1 unspecified atom stereocenters. The lowest BCUT2D eigenvalue weighted by Crippen LogP contribution is -2.71. The second kappa shape index (κ2) is 6.60. The van der Waals surface area contributed by atoms with E-state index in [1.165, 1.54) is 16.7 Å². The van der Waals surface area contributed by atoms with Crippen LogP contribution in [0.25, 0.3) is 0 Å². The number of allylic oxidation sites excluding steroid dienone is 2. The molecule has 0 saturated carbocycles. The SMILES string of the molecule is CC1=C(C(=O)O)N2C(=O)[C@@H](NC(=O)[C@H](N)C3CC=CCC3)[C@H]2SC1. The van der Waals surface area contributed by atoms with Gasteiger partial charge >= 0.3 is 5.97 Å². The highest BCUT2D eigenvalue weighted by Crippen LogP contribution is 2.40. The molecule has 0 spiro atoms. The zero-order chi connectivity index (χ0) is 17.4. The Morgan fingerprint density at radius 1 is 1.46 bits per heavy atom. The van der Waals surface area contributed by atoms with Crippen LogP contribution in [0.1, 0.15) is 26.2 Å². The minimum atomic E-state index is -1.11. The summed E-state index contributed by atoms with van der Waals surface area (Å²) < 4.78 is 0. The van der Waals surface area contributed by atoms with E-state index in [2.05, 4.69) is 11.4 Å². The number of hydrogen-bond acceptors (Lipinski definition) is 5. The molecule has 3 rings (SSSR count). The van der Waals surface area contributed by atoms with E-state index in [0.717, 1.165) is 19.3 Å². The van der Waals surface area contributed by atoms with Crippen molar-refractivity contribution in [2.24, 2.45) is 11.7 Å². The third-order valence-electron chi connectivity index (χ3n) is 4.78. The van der Waals surface area contributed by atoms with Gasteiger partial charge in [0.25, 0.3) is 5.91 Å². The zero-order valence-electron chi connectivity index (χ0n) is 13.4. The highest BCUT2D eigenvalue weighted by molar-refractivity contribution is 8.00. The Labute approximate surface area is 144 Å². The number of fused-ring (bicyclic) bond motifs is 1. The van der Waals surface area contributed by atoms with Crippen molar-refractivity contribution in [3.63, 3.8) is 0 Å². The van der Waals surface area contributed by atoms with Crippen molar-refractivity contribution in [2.45, 2.75) is 43.6 Å². The highest BCUT2D eigenvalue weighted by Gasteiger charge is 2.54. The van der Waals surface area contributed by atoms with Crippen molar-refractivity contribution < 1.29 is 19.5 Å². The lowest BCUT2D eigenvalue weighted by molar-refractivity contribution is -0.151. The summed E-state index contributed by atoms with van der Waals surface area (Å²) >= 11 is 1.46. The molecule has 130 valence electrons. The summed E-state index contributed by atoms with van der Waals surface area (Å²) in [7, 11) is 0. The van der Waals surface area contributed by atoms with E-state index in [9.17, 15) is 19.5 Å². The average Bonchev–Trinajstić information content (AvgIpc) is 2.59. The number of carbonyl (C=O) groups excluding carboxylic acids is 2. The summed E-state index contributed by atoms with van der Waals surface area (Å²) in [5.41, 5.74) is 6.75. The van der Waals surface area contributed by atoms with Gasteiger partial charge in [-0.2, -0.15) is 0 Å². The summed E-state index contributed by atoms with van der Waals surface area (Å²) in [6.45, 7) is 1.71. The number of carbonyl (C=O) groups is 3. The standard InChI is InChI=1S/C16H21N3O4S/c1-8-7-24-15-11(14(21)19(15)12(8)16(22)23)18-13(20)10(17)9-5-3-2-4-6-9/h2-3,9-11,15H,4-7,17H2,1H3,(H,18,20)(H,22,23)/t9?,10-,11-,15-/m1/s1. The van der Waals surface area contributed by atoms with Gasteiger partial charge in [-0.05, 0) is 37.7 Å². The molecule has 1 aliphatic carbocycles. The number of hydrogen-bond donors (Lipinski definition) is 3. The molecule has 24 heavy (non-hydrogen) atoms. The van der Waals surface area contributed by atoms with Gasteiger partial charge in [0.2, 0.25) is 5.91 Å². The largest absolute Gasteiger partial charge is 0.477 e. The van der Waals surface area contributed by atoms with Crippen LogP contribution < -0.4 is 11.1 Å². The molecular weight excluding hydrogens is 330 g/mol. The maximum atomic E-state index is 12.4. The summed E-state index contributed by atoms with van der Waals surface area (Å²) in [5, 5.41) is 11.7. The number of aliphatic carboxylic acids is 1. The first-order valence-electron chi connectivity index (χ1n) is 8.00. The van der Waals surface area contributed by atoms with Gasteiger partial charge in [-0.1, -0.05) is 12.2 Å². The Balaban J connectivity index is 1.66. The van der Waals surface area contributed by atoms with Gasteiger partial charge in [0, 0.05) is 5.75 Å². The number of nitrogens with one attached hydrogen (secondary N) is 1. The predicted octanol–water partition coefficient (Wildman–Crippen LogP) is 0.429. The number of nitrogens with zero attached hydrogens (tertiary/aromatic N) is 1. The van der Waals surface area contributed by atoms with E-state index in [-0.39, 0.29) is 28.8 Å². The zero-order valence-corrected chi connectivity index (χ0v) is 14.2. The molecule has 4 N–H and O–H groups in total. The van der Waals surface area contributed by atoms with Crippen LogP contribution >= 0.6 is 11.8 Å². The fourth-order valence-corrected chi connectivity index (χ4v) is 4.67. The first kappa shape index (κ1) is 17.0. The van der Waals surface area contributed by atoms with E-state index < -0.39 is 18.1 Å². The lowest BCUT2D eigenvalue weighted by Gasteiger charge is -2.49. The van der Waals surface area contributed by atoms with Gasteiger partial charge in [0.1, 0.15) is 17.1 Å². The van der Waals surface area contributed by atoms with Gasteiger partial charge in [-0.25, -0.2) is 4.79 Å². The molecule has 0 bridgehead atoms. The van der Waals surface area contributed by atoms with Crippen molar-refractivity contribution in [2.75, 3.05) is 5.75 Å². The minimum Gasteiger partial charge on any atom is -0.477 e. The average molecular weight is 351 g/mol. The van der Waals surface area contributed by atoms with Crippen LogP contribution in [0.5, 0.6) is 0 Å². The van der Waals surface area contributed by atoms with E-state index in [0.29, 0.717) is 11.3 Å². The summed E-state index contributed by atoms with van der Waals surface area (Å²) in [5.74, 6) is -1.22. The van der Waals surface area contributed by atoms with E-state index in [4.69, 9.17) is 5.73 Å². The van der Waals surface area contributed by atoms with Crippen molar-refractivity contribution >= 4 is 29.5 Å². The van der Waals surface area contributed by atoms with Crippen LogP contribution in [0.3, 0.4) is 0 Å². The van der Waals surface area contributed by atoms with E-state index in [1.54, 1.807) is 6.92 Å². The molecule has 8 heteroatoms. The molecule has 0 aromatic rings. The van der Waals surface area contributed by atoms with Crippen molar-refractivity contribution in [3.8, 4) is 0 Å². The van der Waals surface area contributed by atoms with Gasteiger partial charge in [-0.3, -0.25) is 14.5 Å². The number of nitrogens with two attached hydrogens (primary N) is 1. The minimum absolute atomic E-state index is 0.0379. The molecule has 0 radical (unpaired) electrons. The van der Waals surface area contributed by atoms with Crippen LogP contribution in [0.4, 0.5) is 0 Å². The van der Waals surface area contributed by atoms with Gasteiger partial charge in [0.15, 0.2) is 0 Å². The molecule has 3 aliphatic rings. The molecule has 1 fully saturated rings.